The summed E-state index contributed by atoms with van der Waals surface area (Å²) in [5.74, 6) is 1.60. The third-order valence-electron chi connectivity index (χ3n) is 7.92. The molecule has 0 unspecified atom stereocenters. The highest BCUT2D eigenvalue weighted by Crippen LogP contribution is 2.35. The van der Waals surface area contributed by atoms with Crippen LogP contribution in [0.5, 0.6) is 5.75 Å². The summed E-state index contributed by atoms with van der Waals surface area (Å²) >= 11 is 0. The van der Waals surface area contributed by atoms with E-state index >= 15 is 0 Å². The minimum Gasteiger partial charge on any atom is -0.490 e. The fourth-order valence-electron chi connectivity index (χ4n) is 5.89. The van der Waals surface area contributed by atoms with Crippen molar-refractivity contribution in [2.45, 2.75) is 84.3 Å². The molecule has 0 N–H and O–H groups in total. The third kappa shape index (κ3) is 6.66. The first kappa shape index (κ1) is 29.4. The van der Waals surface area contributed by atoms with Gasteiger partial charge in [-0.3, -0.25) is 18.7 Å². The zero-order chi connectivity index (χ0) is 29.5. The highest BCUT2D eigenvalue weighted by atomic mass is 16.6. The van der Waals surface area contributed by atoms with Gasteiger partial charge in [0.05, 0.1) is 0 Å². The van der Waals surface area contributed by atoms with Gasteiger partial charge in [-0.25, -0.2) is 9.78 Å². The van der Waals surface area contributed by atoms with Gasteiger partial charge in [-0.1, -0.05) is 62.2 Å². The van der Waals surface area contributed by atoms with Crippen LogP contribution >= 0.6 is 0 Å². The minimum absolute atomic E-state index is 0.212. The van der Waals surface area contributed by atoms with Crippen LogP contribution in [-0.4, -0.2) is 37.9 Å². The first-order chi connectivity index (χ1) is 20.5. The summed E-state index contributed by atoms with van der Waals surface area (Å²) < 4.78 is 15.7. The first-order valence-electron chi connectivity index (χ1n) is 15.1. The van der Waals surface area contributed by atoms with E-state index in [2.05, 4.69) is 16.7 Å². The quantitative estimate of drug-likeness (QED) is 0.164. The molecule has 0 atom stereocenters. The summed E-state index contributed by atoms with van der Waals surface area (Å²) in [7, 11) is 0. The smallest absolute Gasteiger partial charge is 0.332 e. The Labute approximate surface area is 245 Å². The number of ether oxygens (including phenoxy) is 2. The van der Waals surface area contributed by atoms with E-state index in [1.807, 2.05) is 49.4 Å². The van der Waals surface area contributed by atoms with Crippen LogP contribution in [0.2, 0.25) is 0 Å². The molecule has 1 aliphatic rings. The maximum absolute atomic E-state index is 13.8. The Balaban J connectivity index is 1.42. The normalized spacial score (nSPS) is 13.6. The second-order valence-electron chi connectivity index (χ2n) is 11.0. The van der Waals surface area contributed by atoms with Gasteiger partial charge in [0.15, 0.2) is 11.2 Å². The Morgan fingerprint density at radius 2 is 1.64 bits per heavy atom. The second kappa shape index (κ2) is 13.7. The number of fused-ring (bicyclic) bond motifs is 1. The van der Waals surface area contributed by atoms with Gasteiger partial charge in [0, 0.05) is 32.5 Å². The molecule has 1 aliphatic carbocycles. The molecule has 2 aromatic heterocycles. The highest BCUT2D eigenvalue weighted by Gasteiger charge is 2.27. The average molecular weight is 573 g/mol. The van der Waals surface area contributed by atoms with Gasteiger partial charge < -0.3 is 14.0 Å². The molecule has 0 amide bonds. The molecule has 1 fully saturated rings. The van der Waals surface area contributed by atoms with E-state index in [0.29, 0.717) is 55.5 Å². The molecule has 2 aromatic carbocycles. The molecule has 0 saturated heterocycles. The number of aromatic nitrogens is 4. The number of benzene rings is 2. The van der Waals surface area contributed by atoms with Crippen molar-refractivity contribution in [3.8, 4) is 5.75 Å². The van der Waals surface area contributed by atoms with Gasteiger partial charge in [0.25, 0.3) is 5.56 Å². The van der Waals surface area contributed by atoms with Crippen molar-refractivity contribution in [1.29, 1.82) is 0 Å². The van der Waals surface area contributed by atoms with Crippen LogP contribution in [0.1, 0.15) is 75.2 Å². The molecular weight excluding hydrogens is 532 g/mol. The molecule has 1 saturated carbocycles. The molecule has 0 bridgehead atoms. The number of hydrogen-bond donors (Lipinski definition) is 0. The van der Waals surface area contributed by atoms with Crippen molar-refractivity contribution in [3.63, 3.8) is 0 Å². The molecule has 4 aromatic rings. The van der Waals surface area contributed by atoms with E-state index in [4.69, 9.17) is 14.5 Å². The van der Waals surface area contributed by atoms with E-state index in [-0.39, 0.29) is 23.8 Å². The molecule has 222 valence electrons. The van der Waals surface area contributed by atoms with E-state index in [0.717, 1.165) is 55.5 Å². The lowest BCUT2D eigenvalue weighted by atomic mass is 10.1. The zero-order valence-corrected chi connectivity index (χ0v) is 24.6. The van der Waals surface area contributed by atoms with Crippen LogP contribution in [0.4, 0.5) is 0 Å². The third-order valence-corrected chi connectivity index (χ3v) is 7.92. The Bertz CT molecular complexity index is 1610. The van der Waals surface area contributed by atoms with E-state index in [9.17, 15) is 14.4 Å². The number of carbonyl (C=O) groups is 1. The zero-order valence-electron chi connectivity index (χ0n) is 24.6. The molecule has 9 nitrogen and oxygen atoms in total. The Morgan fingerprint density at radius 3 is 2.33 bits per heavy atom. The molecule has 2 heterocycles. The summed E-state index contributed by atoms with van der Waals surface area (Å²) in [5.41, 5.74) is 2.73. The van der Waals surface area contributed by atoms with Crippen LogP contribution < -0.4 is 16.0 Å². The predicted octanol–water partition coefficient (Wildman–Crippen LogP) is 5.05. The molecule has 42 heavy (non-hydrogen) atoms. The summed E-state index contributed by atoms with van der Waals surface area (Å²) in [5, 5.41) is 0. The number of nitrogens with zero attached hydrogens (tertiary/aromatic N) is 4. The second-order valence-corrected chi connectivity index (χ2v) is 11.0. The van der Waals surface area contributed by atoms with Crippen molar-refractivity contribution < 1.29 is 14.3 Å². The fraction of sp³-hybridized carbons (Fsp3) is 0.455. The maximum Gasteiger partial charge on any atom is 0.332 e. The lowest BCUT2D eigenvalue weighted by Gasteiger charge is -2.14. The molecular formula is C33H40N4O5. The molecule has 0 radical (unpaired) electrons. The SMILES string of the molecule is CCCn1c(=O)c2c(nc(C3CCCC3)n2Cc2ccccc2)n(CCCc2ccc(OCCOC(C)=O)cc2)c1=O. The van der Waals surface area contributed by atoms with Crippen molar-refractivity contribution in [2.24, 2.45) is 0 Å². The standard InChI is InChI=1S/C33H40N4O5/c1-3-19-36-32(39)29-31(34-30(27-13-7-8-14-27)37(29)23-26-10-5-4-6-11-26)35(33(36)40)20-9-12-25-15-17-28(18-16-25)42-22-21-41-24(2)38/h4-6,10-11,15-18,27H,3,7-9,12-14,19-23H2,1-2H3. The average Bonchev–Trinajstić information content (AvgIpc) is 3.65. The van der Waals surface area contributed by atoms with Crippen LogP contribution in [-0.2, 0) is 35.6 Å². The largest absolute Gasteiger partial charge is 0.490 e. The summed E-state index contributed by atoms with van der Waals surface area (Å²) in [6, 6.07) is 18.0. The van der Waals surface area contributed by atoms with E-state index in [1.54, 1.807) is 4.57 Å². The fourth-order valence-corrected chi connectivity index (χ4v) is 5.89. The monoisotopic (exact) mass is 572 g/mol. The van der Waals surface area contributed by atoms with Gasteiger partial charge in [0.1, 0.15) is 24.8 Å². The Kier molecular flexibility index (Phi) is 9.56. The van der Waals surface area contributed by atoms with Gasteiger partial charge in [-0.2, -0.15) is 0 Å². The summed E-state index contributed by atoms with van der Waals surface area (Å²) in [4.78, 5) is 43.5. The van der Waals surface area contributed by atoms with Crippen LogP contribution in [0.15, 0.2) is 64.2 Å². The Morgan fingerprint density at radius 1 is 0.905 bits per heavy atom. The predicted molar refractivity (Wildman–Crippen MR) is 162 cm³/mol. The number of aryl methyl sites for hydroxylation is 2. The topological polar surface area (TPSA) is 97.3 Å². The summed E-state index contributed by atoms with van der Waals surface area (Å²) in [6.07, 6.45) is 6.58. The van der Waals surface area contributed by atoms with Crippen molar-refractivity contribution >= 4 is 17.1 Å². The van der Waals surface area contributed by atoms with Gasteiger partial charge in [0.2, 0.25) is 0 Å². The van der Waals surface area contributed by atoms with Gasteiger partial charge >= 0.3 is 11.7 Å². The van der Waals surface area contributed by atoms with E-state index in [1.165, 1.54) is 11.5 Å². The van der Waals surface area contributed by atoms with Crippen LogP contribution in [0.3, 0.4) is 0 Å². The summed E-state index contributed by atoms with van der Waals surface area (Å²) in [6.45, 7) is 5.26. The molecule has 0 spiro atoms. The van der Waals surface area contributed by atoms with Crippen LogP contribution in [0, 0.1) is 0 Å². The Hall–Kier alpha value is -4.14. The van der Waals surface area contributed by atoms with Gasteiger partial charge in [-0.05, 0) is 55.4 Å². The number of esters is 1. The van der Waals surface area contributed by atoms with Crippen molar-refractivity contribution in [2.75, 3.05) is 13.2 Å². The molecule has 0 aliphatic heterocycles. The number of rotatable bonds is 13. The highest BCUT2D eigenvalue weighted by molar-refractivity contribution is 5.71. The molecule has 9 heteroatoms. The van der Waals surface area contributed by atoms with Crippen molar-refractivity contribution in [1.82, 2.24) is 18.7 Å². The first-order valence-corrected chi connectivity index (χ1v) is 15.1. The molecule has 5 rings (SSSR count). The van der Waals surface area contributed by atoms with Crippen LogP contribution in [0.25, 0.3) is 11.2 Å². The number of imidazole rings is 1. The minimum atomic E-state index is -0.326. The van der Waals surface area contributed by atoms with Gasteiger partial charge in [-0.15, -0.1) is 0 Å². The van der Waals surface area contributed by atoms with E-state index < -0.39 is 0 Å². The number of hydrogen-bond acceptors (Lipinski definition) is 6. The van der Waals surface area contributed by atoms with Crippen molar-refractivity contribution in [3.05, 3.63) is 92.4 Å². The number of carbonyl (C=O) groups excluding carboxylic acids is 1. The lowest BCUT2D eigenvalue weighted by molar-refractivity contribution is -0.141. The lowest BCUT2D eigenvalue weighted by Crippen LogP contribution is -2.40. The maximum atomic E-state index is 13.8.